The van der Waals surface area contributed by atoms with Crippen molar-refractivity contribution in [1.82, 2.24) is 4.57 Å². The second-order valence-corrected chi connectivity index (χ2v) is 33.3. The molecule has 0 unspecified atom stereocenters. The minimum Gasteiger partial charge on any atom is -0.310 e. The van der Waals surface area contributed by atoms with Gasteiger partial charge < -0.3 is 14.4 Å². The van der Waals surface area contributed by atoms with Crippen molar-refractivity contribution in [2.24, 2.45) is 0 Å². The SMILES string of the molecule is CC(C)(C)c1cc(-c2ccccc2)c(N2c3ccc(-c4ccc5c(c4)sc4ccccc45)cc3B3c4ccc(-c5c6ccccc6c(-c6ccccc6)c6ccccc56)cc4N(c4c(-c5ccccc5)cc(C(C)(C)C)cc4-c4ccccc4)c4cc(-n5c6ccccc6c6ccccc65)cc2c43)c(-c2ccccc2)c1. The first-order valence-electron chi connectivity index (χ1n) is 38.9. The van der Waals surface area contributed by atoms with E-state index >= 15 is 0 Å². The van der Waals surface area contributed by atoms with E-state index in [1.807, 2.05) is 11.3 Å². The fraction of sp³-hybridized carbons (Fsp3) is 0.0755. The van der Waals surface area contributed by atoms with Gasteiger partial charge in [-0.3, -0.25) is 0 Å². The topological polar surface area (TPSA) is 11.4 Å². The van der Waals surface area contributed by atoms with E-state index in [1.54, 1.807) is 0 Å². The van der Waals surface area contributed by atoms with Crippen molar-refractivity contribution in [3.05, 3.63) is 375 Å². The maximum atomic E-state index is 2.76. The Kier molecular flexibility index (Phi) is 15.4. The third-order valence-electron chi connectivity index (χ3n) is 23.6. The molecule has 0 fully saturated rings. The molecular weight excluding hydrogens is 1360 g/mol. The van der Waals surface area contributed by atoms with Gasteiger partial charge in [0.1, 0.15) is 0 Å². The molecule has 0 saturated carbocycles. The summed E-state index contributed by atoms with van der Waals surface area (Å²) in [5, 5.41) is 9.84. The average Bonchev–Trinajstić information content (AvgIpc) is 1.63. The van der Waals surface area contributed by atoms with Gasteiger partial charge >= 0.3 is 0 Å². The van der Waals surface area contributed by atoms with Gasteiger partial charge in [0.2, 0.25) is 0 Å². The minimum absolute atomic E-state index is 0.211. The van der Waals surface area contributed by atoms with Crippen molar-refractivity contribution in [3.8, 4) is 83.6 Å². The van der Waals surface area contributed by atoms with Crippen LogP contribution in [0, 0.1) is 0 Å². The Morgan fingerprint density at radius 3 is 1.09 bits per heavy atom. The molecular formula is C106H78BN3S. The first kappa shape index (κ1) is 66.2. The second kappa shape index (κ2) is 25.8. The number of rotatable bonds is 10. The first-order valence-corrected chi connectivity index (χ1v) is 39.7. The second-order valence-electron chi connectivity index (χ2n) is 32.2. The molecule has 17 aromatic carbocycles. The molecule has 2 aliphatic rings. The van der Waals surface area contributed by atoms with Crippen LogP contribution >= 0.6 is 11.3 Å². The van der Waals surface area contributed by atoms with Crippen LogP contribution in [0.3, 0.4) is 0 Å². The molecule has 0 N–H and O–H groups in total. The van der Waals surface area contributed by atoms with Gasteiger partial charge in [-0.2, -0.15) is 0 Å². The molecule has 4 heterocycles. The zero-order valence-electron chi connectivity index (χ0n) is 63.0. The fourth-order valence-corrected chi connectivity index (χ4v) is 19.5. The zero-order valence-corrected chi connectivity index (χ0v) is 63.8. The Hall–Kier alpha value is -13.1. The molecule has 2 aromatic heterocycles. The van der Waals surface area contributed by atoms with Crippen LogP contribution in [0.4, 0.5) is 34.1 Å². The highest BCUT2D eigenvalue weighted by Crippen LogP contribution is 2.57. The van der Waals surface area contributed by atoms with Crippen LogP contribution in [-0.2, 0) is 10.8 Å². The number of benzene rings is 17. The highest BCUT2D eigenvalue weighted by atomic mass is 32.1. The largest absolute Gasteiger partial charge is 0.310 e. The molecule has 21 rings (SSSR count). The monoisotopic (exact) mass is 1440 g/mol. The third kappa shape index (κ3) is 10.8. The van der Waals surface area contributed by atoms with E-state index in [0.29, 0.717) is 0 Å². The fourth-order valence-electron chi connectivity index (χ4n) is 18.4. The van der Waals surface area contributed by atoms with Crippen LogP contribution in [0.2, 0.25) is 0 Å². The Bertz CT molecular complexity index is 6730. The normalized spacial score (nSPS) is 12.7. The Morgan fingerprint density at radius 2 is 0.622 bits per heavy atom. The smallest absolute Gasteiger partial charge is 0.252 e. The molecule has 526 valence electrons. The summed E-state index contributed by atoms with van der Waals surface area (Å²) in [5.74, 6) is 0. The first-order chi connectivity index (χ1) is 54.4. The molecule has 0 radical (unpaired) electrons. The van der Waals surface area contributed by atoms with Gasteiger partial charge in [0, 0.05) is 75.9 Å². The number of nitrogens with zero attached hydrogens (tertiary/aromatic N) is 3. The molecule has 111 heavy (non-hydrogen) atoms. The van der Waals surface area contributed by atoms with E-state index in [9.17, 15) is 0 Å². The Labute approximate surface area is 653 Å². The summed E-state index contributed by atoms with van der Waals surface area (Å²) in [6, 6.07) is 139. The summed E-state index contributed by atoms with van der Waals surface area (Å²) >= 11 is 1.88. The zero-order chi connectivity index (χ0) is 74.4. The lowest BCUT2D eigenvalue weighted by Gasteiger charge is -2.46. The Balaban J connectivity index is 0.968. The lowest BCUT2D eigenvalue weighted by atomic mass is 9.33. The van der Waals surface area contributed by atoms with Gasteiger partial charge in [-0.15, -0.1) is 11.3 Å². The van der Waals surface area contributed by atoms with E-state index in [-0.39, 0.29) is 17.5 Å². The highest BCUT2D eigenvalue weighted by Gasteiger charge is 2.46. The van der Waals surface area contributed by atoms with Gasteiger partial charge in [0.05, 0.1) is 28.1 Å². The standard InChI is InChI=1S/C106H78BN3S/c1-105(2,3)75-61-86(67-32-12-7-13-33-67)103(87(62-75)68-34-14-8-15-35-68)109-94-57-54-72(73-52-55-81-80-44-28-31-51-98(80)111-99(81)60-73)58-91(94)107-90-56-53-74(101-84-47-24-22-45-82(84)100(71-40-20-11-21-41-71)83-46-23-25-48-85(83)101)59-95(90)110(97-66-77(65-96(109)102(97)107)108-92-49-29-26-42-78(92)79-43-27-30-50-93(79)108)104-88(69-36-16-9-17-37-69)63-76(106(4,5)6)64-89(104)70-38-18-10-19-39-70/h7-66H,1-6H3. The number of thiophene rings is 1. The van der Waals surface area contributed by atoms with E-state index < -0.39 is 0 Å². The van der Waals surface area contributed by atoms with Crippen LogP contribution in [0.15, 0.2) is 364 Å². The maximum absolute atomic E-state index is 2.76. The molecule has 2 aliphatic heterocycles. The van der Waals surface area contributed by atoms with Crippen LogP contribution in [0.25, 0.3) is 147 Å². The van der Waals surface area contributed by atoms with Crippen LogP contribution in [-0.4, -0.2) is 11.3 Å². The summed E-state index contributed by atoms with van der Waals surface area (Å²) in [5.41, 5.74) is 32.1. The van der Waals surface area contributed by atoms with Crippen LogP contribution in [0.5, 0.6) is 0 Å². The van der Waals surface area contributed by atoms with Gasteiger partial charge in [0.15, 0.2) is 0 Å². The molecule has 5 heteroatoms. The van der Waals surface area contributed by atoms with Crippen molar-refractivity contribution in [2.45, 2.75) is 52.4 Å². The molecule has 0 spiro atoms. The van der Waals surface area contributed by atoms with E-state index in [4.69, 9.17) is 0 Å². The number of hydrogen-bond donors (Lipinski definition) is 0. The molecule has 19 aromatic rings. The van der Waals surface area contributed by atoms with Crippen LogP contribution in [0.1, 0.15) is 52.7 Å². The average molecular weight is 1440 g/mol. The van der Waals surface area contributed by atoms with Gasteiger partial charge in [-0.25, -0.2) is 0 Å². The minimum atomic E-state index is -0.306. The Morgan fingerprint density at radius 1 is 0.252 bits per heavy atom. The highest BCUT2D eigenvalue weighted by molar-refractivity contribution is 7.25. The summed E-state index contributed by atoms with van der Waals surface area (Å²) in [6.45, 7) is 13.9. The quantitative estimate of drug-likeness (QED) is 0.0999. The number of fused-ring (bicyclic) bond motifs is 12. The van der Waals surface area contributed by atoms with E-state index in [2.05, 4.69) is 420 Å². The van der Waals surface area contributed by atoms with E-state index in [0.717, 1.165) is 101 Å². The summed E-state index contributed by atoms with van der Waals surface area (Å²) in [7, 11) is 0. The maximum Gasteiger partial charge on any atom is 0.252 e. The summed E-state index contributed by atoms with van der Waals surface area (Å²) in [4.78, 5) is 5.48. The lowest BCUT2D eigenvalue weighted by molar-refractivity contribution is 0.590. The molecule has 0 bridgehead atoms. The molecule has 0 aliphatic carbocycles. The number of anilines is 6. The third-order valence-corrected chi connectivity index (χ3v) is 24.8. The number of hydrogen-bond acceptors (Lipinski definition) is 3. The molecule has 0 saturated heterocycles. The summed E-state index contributed by atoms with van der Waals surface area (Å²) in [6.07, 6.45) is 0. The molecule has 0 amide bonds. The van der Waals surface area contributed by atoms with Gasteiger partial charge in [-0.1, -0.05) is 333 Å². The number of aromatic nitrogens is 1. The van der Waals surface area contributed by atoms with Gasteiger partial charge in [-0.05, 0) is 188 Å². The van der Waals surface area contributed by atoms with Crippen molar-refractivity contribution in [3.63, 3.8) is 0 Å². The van der Waals surface area contributed by atoms with Crippen molar-refractivity contribution in [2.75, 3.05) is 9.80 Å². The molecule has 3 nitrogen and oxygen atoms in total. The van der Waals surface area contributed by atoms with Crippen molar-refractivity contribution < 1.29 is 0 Å². The predicted octanol–water partition coefficient (Wildman–Crippen LogP) is 27.8. The predicted molar refractivity (Wildman–Crippen MR) is 478 cm³/mol. The lowest BCUT2D eigenvalue weighted by Crippen LogP contribution is -2.61. The summed E-state index contributed by atoms with van der Waals surface area (Å²) < 4.78 is 5.14. The molecule has 0 atom stereocenters. The van der Waals surface area contributed by atoms with Gasteiger partial charge in [0.25, 0.3) is 6.71 Å². The van der Waals surface area contributed by atoms with Crippen molar-refractivity contribution in [1.29, 1.82) is 0 Å². The van der Waals surface area contributed by atoms with Crippen LogP contribution < -0.4 is 26.2 Å². The number of para-hydroxylation sites is 2. The van der Waals surface area contributed by atoms with Crippen molar-refractivity contribution >= 4 is 132 Å². The van der Waals surface area contributed by atoms with E-state index in [1.165, 1.54) is 108 Å².